The highest BCUT2D eigenvalue weighted by Crippen LogP contribution is 2.36. The molecule has 2 N–H and O–H groups in total. The van der Waals surface area contributed by atoms with E-state index in [1.165, 1.54) is 6.07 Å². The lowest BCUT2D eigenvalue weighted by Gasteiger charge is -2.22. The van der Waals surface area contributed by atoms with Gasteiger partial charge in [0.15, 0.2) is 0 Å². The third-order valence-electron chi connectivity index (χ3n) is 4.53. The first-order chi connectivity index (χ1) is 12.7. The largest absolute Gasteiger partial charge is 0.369 e. The molecule has 0 radical (unpaired) electrons. The number of para-hydroxylation sites is 1. The fraction of sp³-hybridized carbons (Fsp3) is 0.350. The number of nitro groups is 1. The normalized spacial score (nSPS) is 11.5. The van der Waals surface area contributed by atoms with Gasteiger partial charge in [0, 0.05) is 11.5 Å². The lowest BCUT2D eigenvalue weighted by Crippen LogP contribution is -2.36. The summed E-state index contributed by atoms with van der Waals surface area (Å²) in [5.41, 5.74) is 2.30. The average molecular weight is 425 g/mol. The lowest BCUT2D eigenvalue weighted by molar-refractivity contribution is -0.383. The highest BCUT2D eigenvalue weighted by Gasteiger charge is 2.20. The van der Waals surface area contributed by atoms with E-state index in [2.05, 4.69) is 29.5 Å². The van der Waals surface area contributed by atoms with Gasteiger partial charge < -0.3 is 5.32 Å². The molecule has 2 aromatic carbocycles. The van der Waals surface area contributed by atoms with E-state index in [0.717, 1.165) is 42.4 Å². The standard InChI is InChI=1S/C20H24N4O2.2ClH/c1-3-5-13-21-18(4-2)23-20-14-9-6-7-10-15(14)22-16-11-8-12-17(19(16)20)24(25)26;;/h6-12,18,21H,3-5,13H2,1-2H3,(H,22,23);2*1H. The summed E-state index contributed by atoms with van der Waals surface area (Å²) in [5.74, 6) is 0. The summed E-state index contributed by atoms with van der Waals surface area (Å²) in [6, 6.07) is 12.8. The number of anilines is 1. The number of unbranched alkanes of at least 4 members (excludes halogenated alkanes) is 1. The molecule has 0 saturated heterocycles. The van der Waals surface area contributed by atoms with Crippen molar-refractivity contribution in [3.8, 4) is 0 Å². The zero-order chi connectivity index (χ0) is 18.5. The average Bonchev–Trinajstić information content (AvgIpc) is 2.66. The molecule has 0 spiro atoms. The van der Waals surface area contributed by atoms with Gasteiger partial charge in [0.25, 0.3) is 5.69 Å². The molecule has 0 aliphatic rings. The summed E-state index contributed by atoms with van der Waals surface area (Å²) in [5, 5.41) is 20.1. The third-order valence-corrected chi connectivity index (χ3v) is 4.53. The molecule has 1 unspecified atom stereocenters. The van der Waals surface area contributed by atoms with Crippen molar-refractivity contribution < 1.29 is 4.92 Å². The highest BCUT2D eigenvalue weighted by molar-refractivity contribution is 6.11. The van der Waals surface area contributed by atoms with Crippen molar-refractivity contribution in [2.75, 3.05) is 11.9 Å². The SMILES string of the molecule is CCCCNC(CC)Nc1c2ccccc2nc2cccc([N+](=O)[O-])c12.Cl.Cl. The predicted molar refractivity (Wildman–Crippen MR) is 121 cm³/mol. The van der Waals surface area contributed by atoms with Crippen LogP contribution in [0.15, 0.2) is 42.5 Å². The van der Waals surface area contributed by atoms with E-state index in [9.17, 15) is 10.1 Å². The molecule has 0 fully saturated rings. The van der Waals surface area contributed by atoms with E-state index in [-0.39, 0.29) is 41.6 Å². The monoisotopic (exact) mass is 424 g/mol. The number of halogens is 2. The van der Waals surface area contributed by atoms with Crippen LogP contribution in [0.3, 0.4) is 0 Å². The molecular weight excluding hydrogens is 399 g/mol. The number of fused-ring (bicyclic) bond motifs is 2. The van der Waals surface area contributed by atoms with Gasteiger partial charge >= 0.3 is 0 Å². The van der Waals surface area contributed by atoms with Gasteiger partial charge in [-0.25, -0.2) is 4.98 Å². The van der Waals surface area contributed by atoms with Crippen LogP contribution in [0.4, 0.5) is 11.4 Å². The van der Waals surface area contributed by atoms with Gasteiger partial charge in [0.1, 0.15) is 5.39 Å². The van der Waals surface area contributed by atoms with Crippen molar-refractivity contribution in [2.45, 2.75) is 39.3 Å². The van der Waals surface area contributed by atoms with Gasteiger partial charge in [-0.3, -0.25) is 15.4 Å². The van der Waals surface area contributed by atoms with Crippen LogP contribution in [0.5, 0.6) is 0 Å². The van der Waals surface area contributed by atoms with Gasteiger partial charge in [0.2, 0.25) is 0 Å². The van der Waals surface area contributed by atoms with Crippen LogP contribution < -0.4 is 10.6 Å². The van der Waals surface area contributed by atoms with Crippen LogP contribution in [-0.2, 0) is 0 Å². The number of aromatic nitrogens is 1. The Morgan fingerprint density at radius 1 is 1.07 bits per heavy atom. The molecular formula is C20H26Cl2N4O2. The van der Waals surface area contributed by atoms with Crippen LogP contribution in [0.1, 0.15) is 33.1 Å². The molecule has 1 heterocycles. The molecule has 0 aliphatic carbocycles. The number of rotatable bonds is 8. The minimum Gasteiger partial charge on any atom is -0.369 e. The summed E-state index contributed by atoms with van der Waals surface area (Å²) < 4.78 is 0. The molecule has 3 aromatic rings. The molecule has 0 saturated carbocycles. The molecule has 152 valence electrons. The first kappa shape index (κ1) is 23.9. The van der Waals surface area contributed by atoms with E-state index >= 15 is 0 Å². The van der Waals surface area contributed by atoms with Crippen LogP contribution in [-0.4, -0.2) is 22.6 Å². The van der Waals surface area contributed by atoms with Crippen LogP contribution in [0, 0.1) is 10.1 Å². The Morgan fingerprint density at radius 3 is 2.46 bits per heavy atom. The van der Waals surface area contributed by atoms with E-state index < -0.39 is 0 Å². The summed E-state index contributed by atoms with van der Waals surface area (Å²) >= 11 is 0. The molecule has 28 heavy (non-hydrogen) atoms. The van der Waals surface area contributed by atoms with E-state index in [1.54, 1.807) is 6.07 Å². The number of nitro benzene ring substituents is 1. The number of nitrogens with zero attached hydrogens (tertiary/aromatic N) is 2. The maximum atomic E-state index is 11.6. The summed E-state index contributed by atoms with van der Waals surface area (Å²) in [7, 11) is 0. The van der Waals surface area contributed by atoms with Crippen molar-refractivity contribution in [1.82, 2.24) is 10.3 Å². The lowest BCUT2D eigenvalue weighted by atomic mass is 10.1. The Balaban J connectivity index is 0.00000196. The number of hydrogen-bond acceptors (Lipinski definition) is 5. The van der Waals surface area contributed by atoms with E-state index in [4.69, 9.17) is 0 Å². The van der Waals surface area contributed by atoms with Crippen molar-refractivity contribution in [3.05, 3.63) is 52.6 Å². The van der Waals surface area contributed by atoms with Crippen molar-refractivity contribution in [1.29, 1.82) is 0 Å². The second kappa shape index (κ2) is 11.0. The smallest absolute Gasteiger partial charge is 0.280 e. The molecule has 0 bridgehead atoms. The zero-order valence-electron chi connectivity index (χ0n) is 16.0. The van der Waals surface area contributed by atoms with Gasteiger partial charge in [0.05, 0.1) is 27.8 Å². The molecule has 3 rings (SSSR count). The minimum absolute atomic E-state index is 0. The highest BCUT2D eigenvalue weighted by atomic mass is 35.5. The number of hydrogen-bond donors (Lipinski definition) is 2. The zero-order valence-corrected chi connectivity index (χ0v) is 17.6. The quantitative estimate of drug-likeness (QED) is 0.160. The molecule has 8 heteroatoms. The Kier molecular flexibility index (Phi) is 9.38. The predicted octanol–water partition coefficient (Wildman–Crippen LogP) is 5.68. The summed E-state index contributed by atoms with van der Waals surface area (Å²) in [6.45, 7) is 5.16. The van der Waals surface area contributed by atoms with Crippen LogP contribution in [0.2, 0.25) is 0 Å². The maximum Gasteiger partial charge on any atom is 0.280 e. The number of nitrogens with one attached hydrogen (secondary N) is 2. The Morgan fingerprint density at radius 2 is 1.79 bits per heavy atom. The summed E-state index contributed by atoms with van der Waals surface area (Å²) in [6.07, 6.45) is 3.12. The van der Waals surface area contributed by atoms with Crippen molar-refractivity contribution in [2.24, 2.45) is 0 Å². The molecule has 1 atom stereocenters. The van der Waals surface area contributed by atoms with Crippen molar-refractivity contribution in [3.63, 3.8) is 0 Å². The first-order valence-corrected chi connectivity index (χ1v) is 9.11. The Bertz CT molecular complexity index is 937. The topological polar surface area (TPSA) is 80.1 Å². The van der Waals surface area contributed by atoms with E-state index in [1.807, 2.05) is 30.3 Å². The number of pyridine rings is 1. The fourth-order valence-corrected chi connectivity index (χ4v) is 3.15. The van der Waals surface area contributed by atoms with Gasteiger partial charge in [-0.1, -0.05) is 44.5 Å². The number of non-ortho nitro benzene ring substituents is 1. The van der Waals surface area contributed by atoms with E-state index in [0.29, 0.717) is 10.9 Å². The van der Waals surface area contributed by atoms with Gasteiger partial charge in [-0.2, -0.15) is 0 Å². The first-order valence-electron chi connectivity index (χ1n) is 9.11. The molecule has 6 nitrogen and oxygen atoms in total. The van der Waals surface area contributed by atoms with Gasteiger partial charge in [-0.05, 0) is 31.5 Å². The second-order valence-electron chi connectivity index (χ2n) is 6.35. The number of benzene rings is 2. The second-order valence-corrected chi connectivity index (χ2v) is 6.35. The minimum atomic E-state index is -0.338. The summed E-state index contributed by atoms with van der Waals surface area (Å²) in [4.78, 5) is 15.9. The molecule has 1 aromatic heterocycles. The maximum absolute atomic E-state index is 11.6. The Hall–Kier alpha value is -2.15. The van der Waals surface area contributed by atoms with Crippen molar-refractivity contribution >= 4 is 58.0 Å². The van der Waals surface area contributed by atoms with Gasteiger partial charge in [-0.15, -0.1) is 24.8 Å². The van der Waals surface area contributed by atoms with Crippen LogP contribution in [0.25, 0.3) is 21.8 Å². The third kappa shape index (κ3) is 5.01. The Labute approximate surface area is 177 Å². The molecule has 0 amide bonds. The molecule has 0 aliphatic heterocycles. The fourth-order valence-electron chi connectivity index (χ4n) is 3.15. The van der Waals surface area contributed by atoms with Crippen LogP contribution >= 0.6 is 24.8 Å².